The maximum Gasteiger partial charge on any atom is 0.338 e. The molecule has 206 valence electrons. The van der Waals surface area contributed by atoms with E-state index in [1.54, 1.807) is 35.8 Å². The number of rotatable bonds is 9. The van der Waals surface area contributed by atoms with Gasteiger partial charge in [-0.2, -0.15) is 5.26 Å². The zero-order chi connectivity index (χ0) is 28.8. The van der Waals surface area contributed by atoms with E-state index in [0.717, 1.165) is 16.7 Å². The maximum absolute atomic E-state index is 14.0. The summed E-state index contributed by atoms with van der Waals surface area (Å²) in [4.78, 5) is 32.9. The summed E-state index contributed by atoms with van der Waals surface area (Å²) in [6, 6.07) is 25.1. The maximum atomic E-state index is 14.0. The molecule has 1 aliphatic heterocycles. The van der Waals surface area contributed by atoms with E-state index in [4.69, 9.17) is 24.5 Å². The molecule has 0 bridgehead atoms. The Balaban J connectivity index is 1.75. The van der Waals surface area contributed by atoms with Gasteiger partial charge in [-0.05, 0) is 55.3 Å². The molecule has 5 rings (SSSR count). The van der Waals surface area contributed by atoms with E-state index in [0.29, 0.717) is 33.1 Å². The number of fused-ring (bicyclic) bond motifs is 1. The van der Waals surface area contributed by atoms with Gasteiger partial charge in [0.2, 0.25) is 0 Å². The number of esters is 1. The molecule has 0 saturated heterocycles. The highest BCUT2D eigenvalue weighted by Gasteiger charge is 2.35. The van der Waals surface area contributed by atoms with Crippen molar-refractivity contribution in [3.63, 3.8) is 0 Å². The molecule has 0 saturated carbocycles. The third kappa shape index (κ3) is 5.83. The fourth-order valence-electron chi connectivity index (χ4n) is 4.63. The van der Waals surface area contributed by atoms with Gasteiger partial charge in [-0.15, -0.1) is 0 Å². The smallest absolute Gasteiger partial charge is 0.338 e. The van der Waals surface area contributed by atoms with Crippen LogP contribution in [-0.2, 0) is 9.53 Å². The molecule has 0 N–H and O–H groups in total. The second-order valence-electron chi connectivity index (χ2n) is 8.95. The minimum Gasteiger partial charge on any atom is -0.494 e. The second kappa shape index (κ2) is 12.5. The van der Waals surface area contributed by atoms with E-state index in [9.17, 15) is 9.59 Å². The predicted octanol–water partition coefficient (Wildman–Crippen LogP) is 4.24. The number of nitrogens with zero attached hydrogens (tertiary/aromatic N) is 3. The Morgan fingerprint density at radius 1 is 1.00 bits per heavy atom. The van der Waals surface area contributed by atoms with Crippen molar-refractivity contribution >= 4 is 29.1 Å². The van der Waals surface area contributed by atoms with Crippen molar-refractivity contribution in [2.24, 2.45) is 4.99 Å². The van der Waals surface area contributed by atoms with Crippen molar-refractivity contribution in [1.82, 2.24) is 4.57 Å². The Morgan fingerprint density at radius 3 is 2.49 bits per heavy atom. The molecule has 0 spiro atoms. The van der Waals surface area contributed by atoms with E-state index in [1.165, 1.54) is 11.3 Å². The molecule has 0 radical (unpaired) electrons. The van der Waals surface area contributed by atoms with Gasteiger partial charge in [-0.25, -0.2) is 9.79 Å². The van der Waals surface area contributed by atoms with Gasteiger partial charge in [0.05, 0.1) is 35.1 Å². The highest BCUT2D eigenvalue weighted by Crippen LogP contribution is 2.35. The molecule has 1 atom stereocenters. The number of nitriles is 1. The van der Waals surface area contributed by atoms with Crippen LogP contribution in [0.1, 0.15) is 36.6 Å². The Bertz CT molecular complexity index is 1820. The van der Waals surface area contributed by atoms with E-state index < -0.39 is 12.0 Å². The molecule has 4 aromatic rings. The van der Waals surface area contributed by atoms with Crippen LogP contribution >= 0.6 is 11.3 Å². The number of hydrogen-bond donors (Lipinski definition) is 0. The summed E-state index contributed by atoms with van der Waals surface area (Å²) in [5.74, 6) is 0.675. The normalized spacial score (nSPS) is 14.6. The third-order valence-electron chi connectivity index (χ3n) is 6.34. The largest absolute Gasteiger partial charge is 0.494 e. The molecule has 3 aromatic carbocycles. The number of carbonyl (C=O) groups excluding carboxylic acids is 1. The highest BCUT2D eigenvalue weighted by atomic mass is 32.1. The zero-order valence-electron chi connectivity index (χ0n) is 22.6. The van der Waals surface area contributed by atoms with Crippen LogP contribution in [0.15, 0.2) is 94.2 Å². The molecule has 8 nitrogen and oxygen atoms in total. The van der Waals surface area contributed by atoms with Crippen LogP contribution in [0.3, 0.4) is 0 Å². The fraction of sp³-hybridized carbons (Fsp3) is 0.188. The first-order chi connectivity index (χ1) is 20.0. The summed E-state index contributed by atoms with van der Waals surface area (Å²) in [5.41, 5.74) is 2.66. The SMILES string of the molecule is CCOC(=O)C1=C(c2ccccc2)N=c2s/c(=C\c3cccc(OCC#N)c3)c(=O)n2[C@H]1c1ccc(OCC)cc1. The Morgan fingerprint density at radius 2 is 1.78 bits per heavy atom. The second-order valence-corrected chi connectivity index (χ2v) is 9.96. The standard InChI is InChI=1S/C32H27N3O5S/c1-3-38-24-15-13-23(14-16-24)29-27(31(37)39-4-2)28(22-10-6-5-7-11-22)34-32-35(29)30(36)26(41-32)20-21-9-8-12-25(19-21)40-18-17-33/h5-16,19-20,29H,3-4,18H2,1-2H3/b26-20-/t29-/m0/s1. The van der Waals surface area contributed by atoms with Gasteiger partial charge in [-0.3, -0.25) is 9.36 Å². The summed E-state index contributed by atoms with van der Waals surface area (Å²) >= 11 is 1.24. The Hall–Kier alpha value is -4.94. The molecule has 2 heterocycles. The quantitative estimate of drug-likeness (QED) is 0.282. The first-order valence-electron chi connectivity index (χ1n) is 13.1. The van der Waals surface area contributed by atoms with Crippen molar-refractivity contribution in [3.8, 4) is 17.6 Å². The monoisotopic (exact) mass is 565 g/mol. The minimum atomic E-state index is -0.774. The van der Waals surface area contributed by atoms with Crippen molar-refractivity contribution in [3.05, 3.63) is 121 Å². The lowest BCUT2D eigenvalue weighted by atomic mass is 9.93. The third-order valence-corrected chi connectivity index (χ3v) is 7.32. The molecule has 0 unspecified atom stereocenters. The van der Waals surface area contributed by atoms with Crippen LogP contribution < -0.4 is 24.4 Å². The van der Waals surface area contributed by atoms with Gasteiger partial charge in [0.15, 0.2) is 11.4 Å². The van der Waals surface area contributed by atoms with E-state index in [1.807, 2.05) is 73.7 Å². The molecule has 9 heteroatoms. The van der Waals surface area contributed by atoms with E-state index in [-0.39, 0.29) is 24.3 Å². The van der Waals surface area contributed by atoms with E-state index >= 15 is 0 Å². The zero-order valence-corrected chi connectivity index (χ0v) is 23.4. The number of aromatic nitrogens is 1. The van der Waals surface area contributed by atoms with Gasteiger partial charge in [0, 0.05) is 5.56 Å². The van der Waals surface area contributed by atoms with Crippen LogP contribution in [0.4, 0.5) is 0 Å². The van der Waals surface area contributed by atoms with Crippen molar-refractivity contribution in [2.45, 2.75) is 19.9 Å². The highest BCUT2D eigenvalue weighted by molar-refractivity contribution is 7.07. The van der Waals surface area contributed by atoms with Gasteiger partial charge >= 0.3 is 5.97 Å². The first kappa shape index (κ1) is 27.6. The number of thiazole rings is 1. The Kier molecular flexibility index (Phi) is 8.42. The number of benzene rings is 3. The lowest BCUT2D eigenvalue weighted by Crippen LogP contribution is -2.40. The van der Waals surface area contributed by atoms with Crippen LogP contribution in [-0.4, -0.2) is 30.4 Å². The van der Waals surface area contributed by atoms with Crippen LogP contribution in [0, 0.1) is 11.3 Å². The van der Waals surface area contributed by atoms with E-state index in [2.05, 4.69) is 0 Å². The van der Waals surface area contributed by atoms with Crippen molar-refractivity contribution < 1.29 is 19.0 Å². The first-order valence-corrected chi connectivity index (χ1v) is 14.0. The average molecular weight is 566 g/mol. The average Bonchev–Trinajstić information content (AvgIpc) is 3.30. The summed E-state index contributed by atoms with van der Waals surface area (Å²) in [6.45, 7) is 4.27. The van der Waals surface area contributed by atoms with Gasteiger partial charge < -0.3 is 14.2 Å². The minimum absolute atomic E-state index is 0.0768. The summed E-state index contributed by atoms with van der Waals surface area (Å²) in [5, 5.41) is 8.84. The summed E-state index contributed by atoms with van der Waals surface area (Å²) < 4.78 is 18.6. The molecule has 41 heavy (non-hydrogen) atoms. The van der Waals surface area contributed by atoms with Gasteiger partial charge in [0.25, 0.3) is 5.56 Å². The fourth-order valence-corrected chi connectivity index (χ4v) is 5.63. The Labute approximate surface area is 240 Å². The molecule has 0 amide bonds. The van der Waals surface area contributed by atoms with Gasteiger partial charge in [0.1, 0.15) is 17.6 Å². The predicted molar refractivity (Wildman–Crippen MR) is 156 cm³/mol. The molecule has 1 aromatic heterocycles. The molecular weight excluding hydrogens is 538 g/mol. The number of carbonyl (C=O) groups is 1. The summed E-state index contributed by atoms with van der Waals surface area (Å²) in [6.07, 6.45) is 1.76. The lowest BCUT2D eigenvalue weighted by Gasteiger charge is -2.26. The van der Waals surface area contributed by atoms with Crippen LogP contribution in [0.5, 0.6) is 11.5 Å². The number of hydrogen-bond acceptors (Lipinski definition) is 8. The topological polar surface area (TPSA) is 103 Å². The molecule has 0 fully saturated rings. The molecule has 1 aliphatic rings. The van der Waals surface area contributed by atoms with Crippen LogP contribution in [0.2, 0.25) is 0 Å². The molecule has 0 aliphatic carbocycles. The van der Waals surface area contributed by atoms with Gasteiger partial charge in [-0.1, -0.05) is 65.9 Å². The van der Waals surface area contributed by atoms with Crippen molar-refractivity contribution in [2.75, 3.05) is 19.8 Å². The number of ether oxygens (including phenoxy) is 3. The lowest BCUT2D eigenvalue weighted by molar-refractivity contribution is -0.138. The van der Waals surface area contributed by atoms with Crippen molar-refractivity contribution in [1.29, 1.82) is 5.26 Å². The molecular formula is C32H27N3O5S. The van der Waals surface area contributed by atoms with Crippen LogP contribution in [0.25, 0.3) is 11.8 Å². The summed E-state index contributed by atoms with van der Waals surface area (Å²) in [7, 11) is 0.